The first-order valence-corrected chi connectivity index (χ1v) is 6.75. The summed E-state index contributed by atoms with van der Waals surface area (Å²) in [6, 6.07) is 9.61. The summed E-state index contributed by atoms with van der Waals surface area (Å²) >= 11 is 9.02. The van der Waals surface area contributed by atoms with E-state index < -0.39 is 11.9 Å². The number of ether oxygens (including phenoxy) is 1. The molecule has 2 aromatic rings. The van der Waals surface area contributed by atoms with Crippen molar-refractivity contribution in [2.75, 3.05) is 0 Å². The number of aliphatic hydroxyl groups is 1. The van der Waals surface area contributed by atoms with Crippen molar-refractivity contribution in [2.45, 2.75) is 13.0 Å². The van der Waals surface area contributed by atoms with E-state index in [2.05, 4.69) is 15.9 Å². The second-order valence-corrected chi connectivity index (χ2v) is 5.27. The van der Waals surface area contributed by atoms with Crippen LogP contribution in [0, 0.1) is 5.82 Å². The first-order chi connectivity index (χ1) is 8.99. The van der Waals surface area contributed by atoms with Gasteiger partial charge in [0.15, 0.2) is 11.6 Å². The number of rotatable bonds is 3. The van der Waals surface area contributed by atoms with Crippen LogP contribution in [-0.4, -0.2) is 5.11 Å². The van der Waals surface area contributed by atoms with Gasteiger partial charge in [-0.1, -0.05) is 39.7 Å². The Bertz CT molecular complexity index is 602. The predicted molar refractivity (Wildman–Crippen MR) is 76.3 cm³/mol. The van der Waals surface area contributed by atoms with Gasteiger partial charge in [-0.15, -0.1) is 0 Å². The molecule has 5 heteroatoms. The van der Waals surface area contributed by atoms with Crippen LogP contribution in [0.4, 0.5) is 4.39 Å². The van der Waals surface area contributed by atoms with E-state index in [0.717, 1.165) is 5.56 Å². The molecule has 0 fully saturated rings. The molecule has 2 nitrogen and oxygen atoms in total. The van der Waals surface area contributed by atoms with Gasteiger partial charge in [0.25, 0.3) is 0 Å². The SMILES string of the molecule is C[C@H](O)c1ccc(Oc2cccc(Cl)c2F)cc1Br. The van der Waals surface area contributed by atoms with Crippen LogP contribution in [0.2, 0.25) is 5.02 Å². The fourth-order valence-corrected chi connectivity index (χ4v) is 2.45. The van der Waals surface area contributed by atoms with E-state index >= 15 is 0 Å². The molecular weight excluding hydrogens is 335 g/mol. The minimum atomic E-state index is -0.597. The molecule has 0 aliphatic carbocycles. The highest BCUT2D eigenvalue weighted by molar-refractivity contribution is 9.10. The Balaban J connectivity index is 2.29. The third-order valence-corrected chi connectivity index (χ3v) is 3.54. The summed E-state index contributed by atoms with van der Waals surface area (Å²) in [5.41, 5.74) is 0.735. The number of benzene rings is 2. The lowest BCUT2D eigenvalue weighted by Crippen LogP contribution is -1.94. The number of aliphatic hydroxyl groups excluding tert-OH is 1. The Morgan fingerprint density at radius 1 is 1.32 bits per heavy atom. The summed E-state index contributed by atoms with van der Waals surface area (Å²) in [6.45, 7) is 1.66. The van der Waals surface area contributed by atoms with Gasteiger partial charge in [-0.05, 0) is 36.8 Å². The van der Waals surface area contributed by atoms with E-state index in [1.54, 1.807) is 31.2 Å². The molecule has 0 aromatic heterocycles. The molecule has 19 heavy (non-hydrogen) atoms. The van der Waals surface area contributed by atoms with Crippen molar-refractivity contribution in [1.82, 2.24) is 0 Å². The van der Waals surface area contributed by atoms with E-state index in [1.807, 2.05) is 0 Å². The summed E-state index contributed by atoms with van der Waals surface area (Å²) in [5.74, 6) is -0.0819. The van der Waals surface area contributed by atoms with E-state index in [4.69, 9.17) is 16.3 Å². The average Bonchev–Trinajstić information content (AvgIpc) is 2.34. The van der Waals surface area contributed by atoms with Crippen LogP contribution in [0.25, 0.3) is 0 Å². The monoisotopic (exact) mass is 344 g/mol. The molecule has 0 amide bonds. The summed E-state index contributed by atoms with van der Waals surface area (Å²) < 4.78 is 19.8. The van der Waals surface area contributed by atoms with Gasteiger partial charge in [-0.25, -0.2) is 4.39 Å². The van der Waals surface area contributed by atoms with Crippen LogP contribution in [0.15, 0.2) is 40.9 Å². The molecule has 0 saturated heterocycles. The third kappa shape index (κ3) is 3.26. The van der Waals surface area contributed by atoms with Crippen molar-refractivity contribution in [3.05, 3.63) is 57.3 Å². The Hall–Kier alpha value is -1.10. The van der Waals surface area contributed by atoms with Crippen molar-refractivity contribution in [3.63, 3.8) is 0 Å². The van der Waals surface area contributed by atoms with E-state index in [1.165, 1.54) is 12.1 Å². The lowest BCUT2D eigenvalue weighted by Gasteiger charge is -2.11. The zero-order valence-corrected chi connectivity index (χ0v) is 12.4. The number of halogens is 3. The van der Waals surface area contributed by atoms with Crippen LogP contribution in [0.3, 0.4) is 0 Å². The second-order valence-electron chi connectivity index (χ2n) is 4.01. The Labute approximate surface area is 123 Å². The van der Waals surface area contributed by atoms with Crippen LogP contribution < -0.4 is 4.74 Å². The first-order valence-electron chi connectivity index (χ1n) is 5.58. The van der Waals surface area contributed by atoms with E-state index in [0.29, 0.717) is 10.2 Å². The highest BCUT2D eigenvalue weighted by atomic mass is 79.9. The first kappa shape index (κ1) is 14.3. The molecule has 0 radical (unpaired) electrons. The minimum absolute atomic E-state index is 0.0113. The highest BCUT2D eigenvalue weighted by Crippen LogP contribution is 2.32. The summed E-state index contributed by atoms with van der Waals surface area (Å²) in [7, 11) is 0. The lowest BCUT2D eigenvalue weighted by molar-refractivity contribution is 0.198. The topological polar surface area (TPSA) is 29.5 Å². The molecule has 0 heterocycles. The Kier molecular flexibility index (Phi) is 4.45. The number of hydrogen-bond acceptors (Lipinski definition) is 2. The quantitative estimate of drug-likeness (QED) is 0.840. The molecule has 0 saturated carbocycles. The molecule has 0 bridgehead atoms. The zero-order chi connectivity index (χ0) is 14.0. The molecule has 1 N–H and O–H groups in total. The highest BCUT2D eigenvalue weighted by Gasteiger charge is 2.11. The normalized spacial score (nSPS) is 12.3. The van der Waals surface area contributed by atoms with Crippen molar-refractivity contribution in [1.29, 1.82) is 0 Å². The largest absolute Gasteiger partial charge is 0.454 e. The smallest absolute Gasteiger partial charge is 0.184 e. The van der Waals surface area contributed by atoms with Crippen molar-refractivity contribution in [3.8, 4) is 11.5 Å². The van der Waals surface area contributed by atoms with Gasteiger partial charge < -0.3 is 9.84 Å². The zero-order valence-electron chi connectivity index (χ0n) is 10.0. The Morgan fingerprint density at radius 3 is 2.68 bits per heavy atom. The van der Waals surface area contributed by atoms with Gasteiger partial charge in [0, 0.05) is 4.47 Å². The van der Waals surface area contributed by atoms with Crippen LogP contribution in [0.5, 0.6) is 11.5 Å². The van der Waals surface area contributed by atoms with Gasteiger partial charge in [-0.2, -0.15) is 0 Å². The fraction of sp³-hybridized carbons (Fsp3) is 0.143. The molecule has 2 rings (SSSR count). The summed E-state index contributed by atoms with van der Waals surface area (Å²) in [5, 5.41) is 9.53. The van der Waals surface area contributed by atoms with Crippen LogP contribution in [-0.2, 0) is 0 Å². The maximum absolute atomic E-state index is 13.7. The molecule has 0 unspecified atom stereocenters. The van der Waals surface area contributed by atoms with Crippen LogP contribution >= 0.6 is 27.5 Å². The van der Waals surface area contributed by atoms with Gasteiger partial charge in [0.1, 0.15) is 5.75 Å². The van der Waals surface area contributed by atoms with Crippen LogP contribution in [0.1, 0.15) is 18.6 Å². The maximum atomic E-state index is 13.7. The minimum Gasteiger partial charge on any atom is -0.454 e. The van der Waals surface area contributed by atoms with Gasteiger partial charge in [-0.3, -0.25) is 0 Å². The van der Waals surface area contributed by atoms with Gasteiger partial charge in [0.05, 0.1) is 11.1 Å². The standard InChI is InChI=1S/C14H11BrClFO2/c1-8(18)10-6-5-9(7-11(10)15)19-13-4-2-3-12(16)14(13)17/h2-8,18H,1H3/t8-/m0/s1. The molecular formula is C14H11BrClFO2. The van der Waals surface area contributed by atoms with Crippen molar-refractivity contribution < 1.29 is 14.2 Å². The predicted octanol–water partition coefficient (Wildman–Crippen LogP) is 5.09. The van der Waals surface area contributed by atoms with E-state index in [-0.39, 0.29) is 10.8 Å². The van der Waals surface area contributed by atoms with Crippen molar-refractivity contribution >= 4 is 27.5 Å². The fourth-order valence-electron chi connectivity index (χ4n) is 1.60. The maximum Gasteiger partial charge on any atom is 0.184 e. The van der Waals surface area contributed by atoms with Gasteiger partial charge >= 0.3 is 0 Å². The lowest BCUT2D eigenvalue weighted by atomic mass is 10.1. The average molecular weight is 346 g/mol. The molecule has 100 valence electrons. The van der Waals surface area contributed by atoms with Crippen molar-refractivity contribution in [2.24, 2.45) is 0 Å². The van der Waals surface area contributed by atoms with E-state index in [9.17, 15) is 9.50 Å². The second kappa shape index (κ2) is 5.90. The summed E-state index contributed by atoms with van der Waals surface area (Å²) in [4.78, 5) is 0. The molecule has 1 atom stereocenters. The Morgan fingerprint density at radius 2 is 2.05 bits per heavy atom. The number of hydrogen-bond donors (Lipinski definition) is 1. The summed E-state index contributed by atoms with van der Waals surface area (Å²) in [6.07, 6.45) is -0.591. The third-order valence-electron chi connectivity index (χ3n) is 2.57. The molecule has 0 aliphatic heterocycles. The van der Waals surface area contributed by atoms with Gasteiger partial charge in [0.2, 0.25) is 0 Å². The molecule has 0 spiro atoms. The molecule has 0 aliphatic rings. The molecule has 2 aromatic carbocycles.